The largest absolute Gasteiger partial charge is 0.469 e. The zero-order chi connectivity index (χ0) is 10.8. The summed E-state index contributed by atoms with van der Waals surface area (Å²) in [6, 6.07) is 5.83. The molecule has 0 saturated carbocycles. The highest BCUT2D eigenvalue weighted by Gasteiger charge is 2.23. The van der Waals surface area contributed by atoms with Gasteiger partial charge in [0.25, 0.3) is 9.84 Å². The van der Waals surface area contributed by atoms with E-state index in [1.807, 2.05) is 6.92 Å². The van der Waals surface area contributed by atoms with Crippen molar-refractivity contribution in [2.45, 2.75) is 18.2 Å². The molecular formula is C9H10O4S. The number of carboxylic acid groups (broad SMARTS) is 1. The average molecular weight is 214 g/mol. The summed E-state index contributed by atoms with van der Waals surface area (Å²) in [5.41, 5.74) is 0.967. The van der Waals surface area contributed by atoms with Crippen LogP contribution in [0.2, 0.25) is 0 Å². The molecule has 0 fully saturated rings. The summed E-state index contributed by atoms with van der Waals surface area (Å²) in [5.74, 6) is 0. The number of hydrogen-bond donors (Lipinski definition) is 1. The normalized spacial score (nSPS) is 11.2. The van der Waals surface area contributed by atoms with E-state index in [0.29, 0.717) is 0 Å². The van der Waals surface area contributed by atoms with Gasteiger partial charge in [0.05, 0.1) is 4.90 Å². The summed E-state index contributed by atoms with van der Waals surface area (Å²) in [5, 5.41) is 6.62. The third-order valence-electron chi connectivity index (χ3n) is 1.87. The molecule has 1 aromatic carbocycles. The van der Waals surface area contributed by atoms with Gasteiger partial charge in [-0.25, -0.2) is 13.2 Å². The molecule has 0 saturated heterocycles. The number of sulfone groups is 1. The zero-order valence-corrected chi connectivity index (χ0v) is 8.41. The SMILES string of the molecule is CCc1ccc(S(=O)(=O)C(=O)O)cc1. The lowest BCUT2D eigenvalue weighted by molar-refractivity contribution is 0.219. The molecule has 0 spiro atoms. The Morgan fingerprint density at radius 2 is 1.79 bits per heavy atom. The Bertz CT molecular complexity index is 430. The van der Waals surface area contributed by atoms with Gasteiger partial charge in [-0.1, -0.05) is 19.1 Å². The van der Waals surface area contributed by atoms with E-state index in [0.717, 1.165) is 12.0 Å². The Morgan fingerprint density at radius 1 is 1.29 bits per heavy atom. The molecule has 5 heteroatoms. The van der Waals surface area contributed by atoms with Crippen LogP contribution in [-0.2, 0) is 16.3 Å². The number of hydrogen-bond acceptors (Lipinski definition) is 3. The second-order valence-electron chi connectivity index (χ2n) is 2.77. The molecular weight excluding hydrogens is 204 g/mol. The molecule has 0 aliphatic heterocycles. The van der Waals surface area contributed by atoms with Crippen LogP contribution in [0.4, 0.5) is 4.79 Å². The third-order valence-corrected chi connectivity index (χ3v) is 3.22. The van der Waals surface area contributed by atoms with Crippen molar-refractivity contribution in [3.05, 3.63) is 29.8 Å². The van der Waals surface area contributed by atoms with Gasteiger partial charge >= 0.3 is 5.30 Å². The zero-order valence-electron chi connectivity index (χ0n) is 7.60. The van der Waals surface area contributed by atoms with Crippen LogP contribution in [0.5, 0.6) is 0 Å². The summed E-state index contributed by atoms with van der Waals surface area (Å²) in [4.78, 5) is 10.2. The topological polar surface area (TPSA) is 71.4 Å². The van der Waals surface area contributed by atoms with Crippen LogP contribution in [-0.4, -0.2) is 18.8 Å². The summed E-state index contributed by atoms with van der Waals surface area (Å²) in [6.45, 7) is 1.93. The smallest absolute Gasteiger partial charge is 0.427 e. The molecule has 0 heterocycles. The van der Waals surface area contributed by atoms with Crippen LogP contribution in [0.25, 0.3) is 0 Å². The summed E-state index contributed by atoms with van der Waals surface area (Å²) >= 11 is 0. The molecule has 4 nitrogen and oxygen atoms in total. The van der Waals surface area contributed by atoms with E-state index in [4.69, 9.17) is 5.11 Å². The Balaban J connectivity index is 3.16. The molecule has 0 atom stereocenters. The molecule has 1 aromatic rings. The van der Waals surface area contributed by atoms with Gasteiger partial charge in [-0.15, -0.1) is 0 Å². The first kappa shape index (κ1) is 10.7. The molecule has 0 bridgehead atoms. The molecule has 76 valence electrons. The molecule has 0 aliphatic carbocycles. The second kappa shape index (κ2) is 3.79. The number of benzene rings is 1. The number of aryl methyl sites for hydroxylation is 1. The monoisotopic (exact) mass is 214 g/mol. The van der Waals surface area contributed by atoms with E-state index in [1.54, 1.807) is 12.1 Å². The van der Waals surface area contributed by atoms with Crippen molar-refractivity contribution in [1.29, 1.82) is 0 Å². The Kier molecular flexibility index (Phi) is 2.90. The van der Waals surface area contributed by atoms with Gasteiger partial charge in [0.1, 0.15) is 0 Å². The minimum Gasteiger partial charge on any atom is -0.469 e. The summed E-state index contributed by atoms with van der Waals surface area (Å²) in [7, 11) is -4.19. The number of rotatable bonds is 2. The van der Waals surface area contributed by atoms with Gasteiger partial charge in [-0.2, -0.15) is 0 Å². The van der Waals surface area contributed by atoms with Crippen molar-refractivity contribution in [3.8, 4) is 0 Å². The lowest BCUT2D eigenvalue weighted by Crippen LogP contribution is -2.11. The lowest BCUT2D eigenvalue weighted by Gasteiger charge is -2.00. The predicted octanol–water partition coefficient (Wildman–Crippen LogP) is 1.70. The van der Waals surface area contributed by atoms with Crippen molar-refractivity contribution in [2.75, 3.05) is 0 Å². The van der Waals surface area contributed by atoms with Crippen LogP contribution >= 0.6 is 0 Å². The van der Waals surface area contributed by atoms with E-state index in [2.05, 4.69) is 0 Å². The van der Waals surface area contributed by atoms with Crippen LogP contribution in [0, 0.1) is 0 Å². The minimum absolute atomic E-state index is 0.179. The standard InChI is InChI=1S/C9H10O4S/c1-2-7-3-5-8(6-4-7)14(12,13)9(10)11/h3-6H,2H2,1H3,(H,10,11). The third kappa shape index (κ3) is 1.93. The van der Waals surface area contributed by atoms with E-state index in [9.17, 15) is 13.2 Å². The highest BCUT2D eigenvalue weighted by atomic mass is 32.2. The molecule has 1 N–H and O–H groups in total. The number of carbonyl (C=O) groups is 1. The Labute approximate surface area is 82.1 Å². The maximum atomic E-state index is 11.1. The first-order chi connectivity index (χ1) is 6.48. The molecule has 0 unspecified atom stereocenters. The van der Waals surface area contributed by atoms with E-state index in [-0.39, 0.29) is 4.90 Å². The molecule has 0 amide bonds. The molecule has 0 aliphatic rings. The van der Waals surface area contributed by atoms with Crippen molar-refractivity contribution in [3.63, 3.8) is 0 Å². The Hall–Kier alpha value is -1.36. The van der Waals surface area contributed by atoms with Crippen LogP contribution < -0.4 is 0 Å². The van der Waals surface area contributed by atoms with Crippen LogP contribution in [0.1, 0.15) is 12.5 Å². The van der Waals surface area contributed by atoms with Crippen LogP contribution in [0.15, 0.2) is 29.2 Å². The van der Waals surface area contributed by atoms with Gasteiger partial charge < -0.3 is 5.11 Å². The second-order valence-corrected chi connectivity index (χ2v) is 4.59. The van der Waals surface area contributed by atoms with E-state index < -0.39 is 15.1 Å². The first-order valence-electron chi connectivity index (χ1n) is 4.05. The molecule has 1 rings (SSSR count). The predicted molar refractivity (Wildman–Crippen MR) is 51.0 cm³/mol. The van der Waals surface area contributed by atoms with Crippen molar-refractivity contribution < 1.29 is 18.3 Å². The van der Waals surface area contributed by atoms with Gasteiger partial charge in [-0.3, -0.25) is 0 Å². The fourth-order valence-corrected chi connectivity index (χ4v) is 1.70. The average Bonchev–Trinajstić information content (AvgIpc) is 2.17. The van der Waals surface area contributed by atoms with Gasteiger partial charge in [0.2, 0.25) is 0 Å². The summed E-state index contributed by atoms with van der Waals surface area (Å²) < 4.78 is 22.3. The van der Waals surface area contributed by atoms with Crippen LogP contribution in [0.3, 0.4) is 0 Å². The van der Waals surface area contributed by atoms with Gasteiger partial charge in [0, 0.05) is 0 Å². The fourth-order valence-electron chi connectivity index (χ4n) is 1.01. The fraction of sp³-hybridized carbons (Fsp3) is 0.222. The van der Waals surface area contributed by atoms with Crippen molar-refractivity contribution in [2.24, 2.45) is 0 Å². The summed E-state index contributed by atoms with van der Waals surface area (Å²) in [6.07, 6.45) is 0.785. The van der Waals surface area contributed by atoms with E-state index >= 15 is 0 Å². The maximum absolute atomic E-state index is 11.1. The van der Waals surface area contributed by atoms with E-state index in [1.165, 1.54) is 12.1 Å². The lowest BCUT2D eigenvalue weighted by atomic mass is 10.2. The first-order valence-corrected chi connectivity index (χ1v) is 5.53. The van der Waals surface area contributed by atoms with Gasteiger partial charge in [0.15, 0.2) is 0 Å². The van der Waals surface area contributed by atoms with Crippen molar-refractivity contribution in [1.82, 2.24) is 0 Å². The Morgan fingerprint density at radius 3 is 2.14 bits per heavy atom. The minimum atomic E-state index is -4.19. The molecule has 0 aromatic heterocycles. The quantitative estimate of drug-likeness (QED) is 0.813. The van der Waals surface area contributed by atoms with Crippen molar-refractivity contribution >= 4 is 15.1 Å². The highest BCUT2D eigenvalue weighted by Crippen LogP contribution is 2.13. The highest BCUT2D eigenvalue weighted by molar-refractivity contribution is 8.05. The van der Waals surface area contributed by atoms with Gasteiger partial charge in [-0.05, 0) is 24.1 Å². The molecule has 14 heavy (non-hydrogen) atoms. The maximum Gasteiger partial charge on any atom is 0.427 e. The molecule has 0 radical (unpaired) electrons.